The summed E-state index contributed by atoms with van der Waals surface area (Å²) in [5, 5.41) is 14.4. The number of urea groups is 1. The number of carbonyl (C=O) groups is 2. The van der Waals surface area contributed by atoms with Crippen molar-refractivity contribution in [3.05, 3.63) is 35.9 Å². The quantitative estimate of drug-likeness (QED) is 0.768. The van der Waals surface area contributed by atoms with Crippen molar-refractivity contribution in [1.82, 2.24) is 10.6 Å². The van der Waals surface area contributed by atoms with Gasteiger partial charge in [0.05, 0.1) is 6.61 Å². The summed E-state index contributed by atoms with van der Waals surface area (Å²) in [6.07, 6.45) is 2.01. The molecule has 1 aliphatic heterocycles. The van der Waals surface area contributed by atoms with Crippen LogP contribution in [0.25, 0.3) is 0 Å². The number of hydrogen-bond donors (Lipinski definition) is 3. The Hall–Kier alpha value is -2.08. The minimum atomic E-state index is -1.09. The number of benzene rings is 1. The highest BCUT2D eigenvalue weighted by Gasteiger charge is 2.22. The zero-order valence-corrected chi connectivity index (χ0v) is 11.7. The Morgan fingerprint density at radius 2 is 2.10 bits per heavy atom. The van der Waals surface area contributed by atoms with Gasteiger partial charge in [0.15, 0.2) is 6.04 Å². The second-order valence-electron chi connectivity index (χ2n) is 5.12. The van der Waals surface area contributed by atoms with Gasteiger partial charge in [-0.1, -0.05) is 30.3 Å². The average molecular weight is 292 g/mol. The summed E-state index contributed by atoms with van der Waals surface area (Å²) >= 11 is 0. The molecule has 0 aromatic heterocycles. The van der Waals surface area contributed by atoms with Crippen LogP contribution in [0.3, 0.4) is 0 Å². The molecule has 6 nitrogen and oxygen atoms in total. The molecule has 1 unspecified atom stereocenters. The summed E-state index contributed by atoms with van der Waals surface area (Å²) in [7, 11) is 0. The SMILES string of the molecule is O=C(NCC1CCCOC1)N[C@H](C(=O)O)c1ccccc1. The highest BCUT2D eigenvalue weighted by atomic mass is 16.5. The van der Waals surface area contributed by atoms with Gasteiger partial charge in [-0.15, -0.1) is 0 Å². The zero-order valence-electron chi connectivity index (χ0n) is 11.7. The Kier molecular flexibility index (Phi) is 5.57. The van der Waals surface area contributed by atoms with Crippen LogP contribution in [0.2, 0.25) is 0 Å². The molecule has 0 spiro atoms. The van der Waals surface area contributed by atoms with E-state index in [-0.39, 0.29) is 0 Å². The van der Waals surface area contributed by atoms with E-state index in [1.807, 2.05) is 0 Å². The molecule has 1 aliphatic rings. The Bertz CT molecular complexity index is 472. The van der Waals surface area contributed by atoms with Gasteiger partial charge >= 0.3 is 12.0 Å². The smallest absolute Gasteiger partial charge is 0.330 e. The highest BCUT2D eigenvalue weighted by molar-refractivity contribution is 5.83. The average Bonchev–Trinajstić information content (AvgIpc) is 2.52. The molecule has 3 N–H and O–H groups in total. The molecule has 0 bridgehead atoms. The lowest BCUT2D eigenvalue weighted by molar-refractivity contribution is -0.139. The van der Waals surface area contributed by atoms with Crippen LogP contribution in [0.1, 0.15) is 24.4 Å². The molecule has 0 saturated carbocycles. The number of carboxylic acids is 1. The molecule has 0 aliphatic carbocycles. The number of rotatable bonds is 5. The molecule has 1 fully saturated rings. The fourth-order valence-electron chi connectivity index (χ4n) is 2.32. The summed E-state index contributed by atoms with van der Waals surface area (Å²) < 4.78 is 5.34. The van der Waals surface area contributed by atoms with E-state index in [0.717, 1.165) is 19.4 Å². The number of carbonyl (C=O) groups excluding carboxylic acids is 1. The van der Waals surface area contributed by atoms with Crippen molar-refractivity contribution in [3.63, 3.8) is 0 Å². The predicted molar refractivity (Wildman–Crippen MR) is 76.9 cm³/mol. The lowest BCUT2D eigenvalue weighted by Gasteiger charge is -2.23. The van der Waals surface area contributed by atoms with Crippen LogP contribution in [-0.4, -0.2) is 36.9 Å². The Morgan fingerprint density at radius 3 is 2.71 bits per heavy atom. The maximum absolute atomic E-state index is 11.8. The van der Waals surface area contributed by atoms with E-state index in [1.165, 1.54) is 0 Å². The molecule has 1 aromatic rings. The van der Waals surface area contributed by atoms with Crippen LogP contribution in [0.4, 0.5) is 4.79 Å². The maximum Gasteiger partial charge on any atom is 0.330 e. The summed E-state index contributed by atoms with van der Waals surface area (Å²) in [5.41, 5.74) is 0.543. The van der Waals surface area contributed by atoms with Crippen molar-refractivity contribution in [2.75, 3.05) is 19.8 Å². The van der Waals surface area contributed by atoms with Crippen molar-refractivity contribution in [1.29, 1.82) is 0 Å². The summed E-state index contributed by atoms with van der Waals surface area (Å²) in [5.74, 6) is -0.790. The van der Waals surface area contributed by atoms with Gasteiger partial charge in [0, 0.05) is 13.2 Å². The lowest BCUT2D eigenvalue weighted by Crippen LogP contribution is -2.43. The van der Waals surface area contributed by atoms with Crippen molar-refractivity contribution in [3.8, 4) is 0 Å². The van der Waals surface area contributed by atoms with Gasteiger partial charge in [-0.3, -0.25) is 0 Å². The molecular weight excluding hydrogens is 272 g/mol. The maximum atomic E-state index is 11.8. The number of hydrogen-bond acceptors (Lipinski definition) is 3. The molecule has 1 aromatic carbocycles. The number of amides is 2. The van der Waals surface area contributed by atoms with Crippen LogP contribution in [0.15, 0.2) is 30.3 Å². The first kappa shape index (κ1) is 15.3. The third kappa shape index (κ3) is 4.75. The van der Waals surface area contributed by atoms with E-state index in [4.69, 9.17) is 4.74 Å². The normalized spacial score (nSPS) is 19.5. The van der Waals surface area contributed by atoms with Gasteiger partial charge in [-0.2, -0.15) is 0 Å². The molecule has 0 radical (unpaired) electrons. The second-order valence-corrected chi connectivity index (χ2v) is 5.12. The molecule has 21 heavy (non-hydrogen) atoms. The molecule has 2 amide bonds. The largest absolute Gasteiger partial charge is 0.479 e. The van der Waals surface area contributed by atoms with Crippen LogP contribution < -0.4 is 10.6 Å². The molecule has 1 heterocycles. The van der Waals surface area contributed by atoms with Gasteiger partial charge < -0.3 is 20.5 Å². The molecule has 1 saturated heterocycles. The van der Waals surface area contributed by atoms with Gasteiger partial charge in [0.2, 0.25) is 0 Å². The summed E-state index contributed by atoms with van der Waals surface area (Å²) in [6.45, 7) is 1.91. The van der Waals surface area contributed by atoms with Gasteiger partial charge in [0.25, 0.3) is 0 Å². The minimum absolute atomic E-state index is 0.296. The van der Waals surface area contributed by atoms with E-state index in [0.29, 0.717) is 24.6 Å². The first-order valence-electron chi connectivity index (χ1n) is 7.06. The van der Waals surface area contributed by atoms with E-state index >= 15 is 0 Å². The molecular formula is C15H20N2O4. The second kappa shape index (κ2) is 7.64. The fourth-order valence-corrected chi connectivity index (χ4v) is 2.32. The summed E-state index contributed by atoms with van der Waals surface area (Å²) in [6, 6.07) is 7.10. The van der Waals surface area contributed by atoms with Crippen LogP contribution in [-0.2, 0) is 9.53 Å². The Labute approximate surface area is 123 Å². The van der Waals surface area contributed by atoms with E-state index in [1.54, 1.807) is 30.3 Å². The number of ether oxygens (including phenoxy) is 1. The first-order chi connectivity index (χ1) is 10.2. The number of nitrogens with one attached hydrogen (secondary N) is 2. The third-order valence-electron chi connectivity index (χ3n) is 3.46. The van der Waals surface area contributed by atoms with E-state index < -0.39 is 18.0 Å². The van der Waals surface area contributed by atoms with Crippen molar-refractivity contribution >= 4 is 12.0 Å². The molecule has 2 atom stereocenters. The lowest BCUT2D eigenvalue weighted by atomic mass is 10.0. The van der Waals surface area contributed by atoms with E-state index in [9.17, 15) is 14.7 Å². The molecule has 6 heteroatoms. The van der Waals surface area contributed by atoms with Gasteiger partial charge in [-0.25, -0.2) is 9.59 Å². The van der Waals surface area contributed by atoms with Crippen LogP contribution in [0.5, 0.6) is 0 Å². The number of carboxylic acid groups (broad SMARTS) is 1. The molecule has 2 rings (SSSR count). The van der Waals surface area contributed by atoms with Crippen molar-refractivity contribution in [2.24, 2.45) is 5.92 Å². The first-order valence-corrected chi connectivity index (χ1v) is 7.06. The Balaban J connectivity index is 1.85. The van der Waals surface area contributed by atoms with Gasteiger partial charge in [0.1, 0.15) is 0 Å². The van der Waals surface area contributed by atoms with Crippen molar-refractivity contribution < 1.29 is 19.4 Å². The summed E-state index contributed by atoms with van der Waals surface area (Å²) in [4.78, 5) is 23.1. The standard InChI is InChI=1S/C15H20N2O4/c18-14(19)13(12-6-2-1-3-7-12)17-15(20)16-9-11-5-4-8-21-10-11/h1-3,6-7,11,13H,4-5,8-10H2,(H,18,19)(H2,16,17,20)/t11?,13-/m0/s1. The van der Waals surface area contributed by atoms with Crippen molar-refractivity contribution in [2.45, 2.75) is 18.9 Å². The fraction of sp³-hybridized carbons (Fsp3) is 0.467. The van der Waals surface area contributed by atoms with Gasteiger partial charge in [-0.05, 0) is 24.3 Å². The predicted octanol–water partition coefficient (Wildman–Crippen LogP) is 1.54. The topological polar surface area (TPSA) is 87.7 Å². The van der Waals surface area contributed by atoms with Crippen LogP contribution in [0, 0.1) is 5.92 Å². The highest BCUT2D eigenvalue weighted by Crippen LogP contribution is 2.13. The number of aliphatic carboxylic acids is 1. The minimum Gasteiger partial charge on any atom is -0.479 e. The monoisotopic (exact) mass is 292 g/mol. The van der Waals surface area contributed by atoms with E-state index in [2.05, 4.69) is 10.6 Å². The third-order valence-corrected chi connectivity index (χ3v) is 3.46. The zero-order chi connectivity index (χ0) is 15.1. The molecule has 114 valence electrons. The Morgan fingerprint density at radius 1 is 1.33 bits per heavy atom. The van der Waals surface area contributed by atoms with Crippen LogP contribution >= 0.6 is 0 Å².